The Bertz CT molecular complexity index is 256. The molecule has 0 N–H and O–H groups in total. The number of nitrogens with zero attached hydrogens (tertiary/aromatic N) is 1. The first kappa shape index (κ1) is 8.91. The lowest BCUT2D eigenvalue weighted by molar-refractivity contribution is -0.120. The third kappa shape index (κ3) is 2.46. The van der Waals surface area contributed by atoms with Gasteiger partial charge in [-0.2, -0.15) is 0 Å². The highest BCUT2D eigenvalue weighted by Crippen LogP contribution is 2.07. The summed E-state index contributed by atoms with van der Waals surface area (Å²) >= 11 is 0. The van der Waals surface area contributed by atoms with Gasteiger partial charge in [0.1, 0.15) is 5.78 Å². The van der Waals surface area contributed by atoms with E-state index in [2.05, 4.69) is 4.98 Å². The van der Waals surface area contributed by atoms with Crippen LogP contribution in [0.5, 0.6) is 0 Å². The Balaban J connectivity index is 2.58. The molecule has 12 heavy (non-hydrogen) atoms. The molecule has 0 aliphatic carbocycles. The largest absolute Gasteiger partial charge is 0.300 e. The van der Waals surface area contributed by atoms with Crippen LogP contribution >= 0.6 is 0 Å². The smallest absolute Gasteiger partial charge is 0.132 e. The van der Waals surface area contributed by atoms with Crippen molar-refractivity contribution in [1.82, 2.24) is 4.98 Å². The first-order valence-corrected chi connectivity index (χ1v) is 4.09. The number of hydrogen-bond acceptors (Lipinski definition) is 2. The van der Waals surface area contributed by atoms with Gasteiger partial charge in [-0.3, -0.25) is 9.78 Å². The fraction of sp³-hybridized carbons (Fsp3) is 0.400. The number of hydrogen-bond donors (Lipinski definition) is 0. The van der Waals surface area contributed by atoms with Crippen molar-refractivity contribution in [3.63, 3.8) is 0 Å². The summed E-state index contributed by atoms with van der Waals surface area (Å²) in [6, 6.07) is 3.88. The van der Waals surface area contributed by atoms with E-state index in [0.29, 0.717) is 0 Å². The van der Waals surface area contributed by atoms with Crippen LogP contribution in [-0.2, 0) is 11.2 Å². The number of ketones is 1. The minimum absolute atomic E-state index is 0.106. The summed E-state index contributed by atoms with van der Waals surface area (Å²) < 4.78 is 0. The molecule has 0 amide bonds. The third-order valence-corrected chi connectivity index (χ3v) is 1.96. The Morgan fingerprint density at radius 1 is 1.67 bits per heavy atom. The van der Waals surface area contributed by atoms with Crippen molar-refractivity contribution in [1.29, 1.82) is 0 Å². The summed E-state index contributed by atoms with van der Waals surface area (Å²) in [5.74, 6) is 0.341. The van der Waals surface area contributed by atoms with Crippen LogP contribution in [0.15, 0.2) is 24.5 Å². The normalized spacial score (nSPS) is 12.5. The van der Waals surface area contributed by atoms with Crippen molar-refractivity contribution < 1.29 is 4.79 Å². The van der Waals surface area contributed by atoms with Crippen molar-refractivity contribution in [2.45, 2.75) is 20.3 Å². The van der Waals surface area contributed by atoms with Gasteiger partial charge in [-0.1, -0.05) is 13.0 Å². The Hall–Kier alpha value is -1.18. The molecule has 1 rings (SSSR count). The molecule has 0 radical (unpaired) electrons. The number of aromatic nitrogens is 1. The fourth-order valence-electron chi connectivity index (χ4n) is 1.02. The van der Waals surface area contributed by atoms with Gasteiger partial charge in [-0.15, -0.1) is 0 Å². The highest BCUT2D eigenvalue weighted by Gasteiger charge is 2.07. The van der Waals surface area contributed by atoms with Crippen LogP contribution in [0, 0.1) is 5.92 Å². The zero-order valence-electron chi connectivity index (χ0n) is 7.45. The van der Waals surface area contributed by atoms with Gasteiger partial charge >= 0.3 is 0 Å². The molecule has 0 aliphatic rings. The highest BCUT2D eigenvalue weighted by molar-refractivity contribution is 5.78. The number of rotatable bonds is 3. The quantitative estimate of drug-likeness (QED) is 0.680. The first-order valence-electron chi connectivity index (χ1n) is 4.09. The third-order valence-electron chi connectivity index (χ3n) is 1.96. The lowest BCUT2D eigenvalue weighted by Crippen LogP contribution is -2.09. The van der Waals surface area contributed by atoms with Crippen molar-refractivity contribution in [2.24, 2.45) is 5.92 Å². The molecule has 0 aliphatic heterocycles. The molecule has 1 aromatic rings. The van der Waals surface area contributed by atoms with E-state index >= 15 is 0 Å². The molecule has 0 aromatic carbocycles. The van der Waals surface area contributed by atoms with Crippen molar-refractivity contribution in [3.8, 4) is 0 Å². The molecule has 0 spiro atoms. The second-order valence-corrected chi connectivity index (χ2v) is 3.08. The van der Waals surface area contributed by atoms with E-state index in [1.807, 2.05) is 19.1 Å². The zero-order chi connectivity index (χ0) is 8.97. The van der Waals surface area contributed by atoms with Crippen LogP contribution in [0.1, 0.15) is 19.4 Å². The van der Waals surface area contributed by atoms with Gasteiger partial charge in [0.15, 0.2) is 0 Å². The van der Waals surface area contributed by atoms with Crippen molar-refractivity contribution in [3.05, 3.63) is 30.1 Å². The first-order chi connectivity index (χ1) is 5.70. The van der Waals surface area contributed by atoms with E-state index in [1.165, 1.54) is 0 Å². The van der Waals surface area contributed by atoms with Crippen LogP contribution in [0.2, 0.25) is 0 Å². The van der Waals surface area contributed by atoms with Gasteiger partial charge in [0.2, 0.25) is 0 Å². The number of carbonyl (C=O) groups excluding carboxylic acids is 1. The van der Waals surface area contributed by atoms with Gasteiger partial charge < -0.3 is 0 Å². The standard InChI is InChI=1S/C10H13NO/c1-8(9(2)12)6-10-4-3-5-11-7-10/h3-5,7-8H,6H2,1-2H3/t8-/m0/s1. The van der Waals surface area contributed by atoms with Crippen molar-refractivity contribution >= 4 is 5.78 Å². The van der Waals surface area contributed by atoms with E-state index in [0.717, 1.165) is 12.0 Å². The summed E-state index contributed by atoms with van der Waals surface area (Å²) in [6.45, 7) is 3.57. The molecule has 1 atom stereocenters. The van der Waals surface area contributed by atoms with Gasteiger partial charge in [0.25, 0.3) is 0 Å². The number of pyridine rings is 1. The molecule has 2 heteroatoms. The maximum Gasteiger partial charge on any atom is 0.132 e. The summed E-state index contributed by atoms with van der Waals surface area (Å²) in [5, 5.41) is 0. The predicted octanol–water partition coefficient (Wildman–Crippen LogP) is 1.85. The molecule has 2 nitrogen and oxygen atoms in total. The monoisotopic (exact) mass is 163 g/mol. The summed E-state index contributed by atoms with van der Waals surface area (Å²) in [4.78, 5) is 14.9. The maximum absolute atomic E-state index is 10.9. The van der Waals surface area contributed by atoms with E-state index in [-0.39, 0.29) is 11.7 Å². The molecule has 0 saturated carbocycles. The molecule has 0 unspecified atom stereocenters. The van der Waals surface area contributed by atoms with E-state index in [4.69, 9.17) is 0 Å². The summed E-state index contributed by atoms with van der Waals surface area (Å²) in [5.41, 5.74) is 1.13. The van der Waals surface area contributed by atoms with Crippen LogP contribution in [0.3, 0.4) is 0 Å². The Kier molecular flexibility index (Phi) is 2.97. The minimum Gasteiger partial charge on any atom is -0.300 e. The molecule has 1 heterocycles. The minimum atomic E-state index is 0.106. The zero-order valence-corrected chi connectivity index (χ0v) is 7.45. The lowest BCUT2D eigenvalue weighted by Gasteiger charge is -2.05. The Morgan fingerprint density at radius 2 is 2.42 bits per heavy atom. The van der Waals surface area contributed by atoms with Gasteiger partial charge in [-0.05, 0) is 25.0 Å². The van der Waals surface area contributed by atoms with Gasteiger partial charge in [0, 0.05) is 18.3 Å². The number of carbonyl (C=O) groups is 1. The fourth-order valence-corrected chi connectivity index (χ4v) is 1.02. The van der Waals surface area contributed by atoms with Gasteiger partial charge in [-0.25, -0.2) is 0 Å². The second-order valence-electron chi connectivity index (χ2n) is 3.08. The molecule has 64 valence electrons. The predicted molar refractivity (Wildman–Crippen MR) is 47.8 cm³/mol. The van der Waals surface area contributed by atoms with Crippen LogP contribution in [-0.4, -0.2) is 10.8 Å². The molecule has 0 saturated heterocycles. The van der Waals surface area contributed by atoms with E-state index in [9.17, 15) is 4.79 Å². The van der Waals surface area contributed by atoms with E-state index < -0.39 is 0 Å². The highest BCUT2D eigenvalue weighted by atomic mass is 16.1. The SMILES string of the molecule is CC(=O)[C@@H](C)Cc1cccnc1. The molecule has 0 fully saturated rings. The summed E-state index contributed by atoms with van der Waals surface area (Å²) in [6.07, 6.45) is 4.34. The average Bonchev–Trinajstić information content (AvgIpc) is 2.06. The van der Waals surface area contributed by atoms with Gasteiger partial charge in [0.05, 0.1) is 0 Å². The average molecular weight is 163 g/mol. The molecular formula is C10H13NO. The topological polar surface area (TPSA) is 30.0 Å². The Morgan fingerprint density at radius 3 is 2.92 bits per heavy atom. The Labute approximate surface area is 72.6 Å². The second kappa shape index (κ2) is 4.00. The molecule has 1 aromatic heterocycles. The number of Topliss-reactive ketones (excluding diaryl/α,β-unsaturated/α-hetero) is 1. The molecule has 0 bridgehead atoms. The van der Waals surface area contributed by atoms with Crippen LogP contribution in [0.4, 0.5) is 0 Å². The lowest BCUT2D eigenvalue weighted by atomic mass is 9.99. The van der Waals surface area contributed by atoms with E-state index in [1.54, 1.807) is 19.3 Å². The van der Waals surface area contributed by atoms with Crippen LogP contribution in [0.25, 0.3) is 0 Å². The maximum atomic E-state index is 10.9. The summed E-state index contributed by atoms with van der Waals surface area (Å²) in [7, 11) is 0. The van der Waals surface area contributed by atoms with Crippen LogP contribution < -0.4 is 0 Å². The van der Waals surface area contributed by atoms with Crippen molar-refractivity contribution in [2.75, 3.05) is 0 Å². The molecular weight excluding hydrogens is 150 g/mol.